The fourth-order valence-corrected chi connectivity index (χ4v) is 1.14. The molecule has 0 spiro atoms. The number of carboxylic acid groups (broad SMARTS) is 1. The van der Waals surface area contributed by atoms with Gasteiger partial charge in [0.1, 0.15) is 17.2 Å². The Morgan fingerprint density at radius 1 is 1.47 bits per heavy atom. The summed E-state index contributed by atoms with van der Waals surface area (Å²) in [5, 5.41) is 8.71. The first-order valence-corrected chi connectivity index (χ1v) is 4.30. The lowest BCUT2D eigenvalue weighted by molar-refractivity contribution is -0.142. The maximum Gasteiger partial charge on any atom is 0.323 e. The van der Waals surface area contributed by atoms with E-state index in [0.29, 0.717) is 0 Å². The second kappa shape index (κ2) is 3.94. The molecule has 3 N–H and O–H groups in total. The predicted molar refractivity (Wildman–Crippen MR) is 50.3 cm³/mol. The summed E-state index contributed by atoms with van der Waals surface area (Å²) in [6.45, 7) is 1.21. The molecular formula is C10H11F2NO2. The Morgan fingerprint density at radius 2 is 1.93 bits per heavy atom. The second-order valence-electron chi connectivity index (χ2n) is 3.60. The van der Waals surface area contributed by atoms with Crippen LogP contribution < -0.4 is 5.73 Å². The van der Waals surface area contributed by atoms with Crippen molar-refractivity contribution in [3.63, 3.8) is 0 Å². The molecule has 82 valence electrons. The third-order valence-electron chi connectivity index (χ3n) is 2.09. The van der Waals surface area contributed by atoms with Gasteiger partial charge in [0.05, 0.1) is 0 Å². The van der Waals surface area contributed by atoms with Crippen molar-refractivity contribution in [3.05, 3.63) is 35.4 Å². The van der Waals surface area contributed by atoms with Crippen LogP contribution in [0.25, 0.3) is 0 Å². The van der Waals surface area contributed by atoms with Crippen molar-refractivity contribution < 1.29 is 18.7 Å². The summed E-state index contributed by atoms with van der Waals surface area (Å²) in [5.41, 5.74) is 3.42. The maximum atomic E-state index is 13.2. The molecule has 0 amide bonds. The van der Waals surface area contributed by atoms with Crippen LogP contribution in [0.1, 0.15) is 12.5 Å². The van der Waals surface area contributed by atoms with Crippen LogP contribution in [0.2, 0.25) is 0 Å². The Hall–Kier alpha value is -1.49. The third kappa shape index (κ3) is 2.50. The molecule has 0 aliphatic carbocycles. The van der Waals surface area contributed by atoms with Crippen molar-refractivity contribution in [2.45, 2.75) is 18.9 Å². The average Bonchev–Trinajstić information content (AvgIpc) is 2.11. The zero-order valence-electron chi connectivity index (χ0n) is 8.13. The van der Waals surface area contributed by atoms with Crippen molar-refractivity contribution in [1.82, 2.24) is 0 Å². The molecule has 0 heterocycles. The molecule has 1 rings (SSSR count). The molecule has 1 aromatic rings. The highest BCUT2D eigenvalue weighted by Gasteiger charge is 2.30. The second-order valence-corrected chi connectivity index (χ2v) is 3.60. The van der Waals surface area contributed by atoms with Gasteiger partial charge in [-0.25, -0.2) is 8.78 Å². The van der Waals surface area contributed by atoms with E-state index in [1.807, 2.05) is 0 Å². The molecule has 0 aliphatic rings. The van der Waals surface area contributed by atoms with Gasteiger partial charge >= 0.3 is 5.97 Å². The van der Waals surface area contributed by atoms with E-state index >= 15 is 0 Å². The number of benzene rings is 1. The van der Waals surface area contributed by atoms with Gasteiger partial charge < -0.3 is 10.8 Å². The minimum atomic E-state index is -1.68. The average molecular weight is 215 g/mol. The fraction of sp³-hybridized carbons (Fsp3) is 0.300. The van der Waals surface area contributed by atoms with E-state index < -0.39 is 23.1 Å². The largest absolute Gasteiger partial charge is 0.480 e. The van der Waals surface area contributed by atoms with E-state index in [1.165, 1.54) is 13.0 Å². The molecule has 0 fully saturated rings. The maximum absolute atomic E-state index is 13.2. The van der Waals surface area contributed by atoms with Crippen molar-refractivity contribution in [3.8, 4) is 0 Å². The van der Waals surface area contributed by atoms with E-state index in [4.69, 9.17) is 10.8 Å². The molecule has 0 aliphatic heterocycles. The summed E-state index contributed by atoms with van der Waals surface area (Å²) in [6, 6.07) is 3.34. The Bertz CT molecular complexity index is 371. The summed E-state index contributed by atoms with van der Waals surface area (Å²) < 4.78 is 26.3. The van der Waals surface area contributed by atoms with E-state index in [1.54, 1.807) is 0 Å². The molecule has 1 atom stereocenters. The summed E-state index contributed by atoms with van der Waals surface area (Å²) >= 11 is 0. The van der Waals surface area contributed by atoms with E-state index in [-0.39, 0.29) is 12.0 Å². The summed E-state index contributed by atoms with van der Waals surface area (Å²) in [4.78, 5) is 10.7. The first kappa shape index (κ1) is 11.6. The zero-order valence-corrected chi connectivity index (χ0v) is 8.13. The van der Waals surface area contributed by atoms with Crippen LogP contribution in [0.3, 0.4) is 0 Å². The SMILES string of the molecule is CC(N)(Cc1c(F)cccc1F)C(=O)O. The Balaban J connectivity index is 3.04. The standard InChI is InChI=1S/C10H11F2NO2/c1-10(13,9(14)15)5-6-7(11)3-2-4-8(6)12/h2-4H,5,13H2,1H3,(H,14,15). The lowest BCUT2D eigenvalue weighted by Gasteiger charge is -2.19. The Morgan fingerprint density at radius 3 is 2.33 bits per heavy atom. The summed E-state index contributed by atoms with van der Waals surface area (Å²) in [5.74, 6) is -2.87. The van der Waals surface area contributed by atoms with Gasteiger partial charge in [0.15, 0.2) is 0 Å². The highest BCUT2D eigenvalue weighted by Crippen LogP contribution is 2.17. The number of hydrogen-bond acceptors (Lipinski definition) is 2. The number of nitrogens with two attached hydrogens (primary N) is 1. The normalized spacial score (nSPS) is 14.7. The first-order valence-electron chi connectivity index (χ1n) is 4.30. The van der Waals surface area contributed by atoms with Gasteiger partial charge in [0, 0.05) is 12.0 Å². The van der Waals surface area contributed by atoms with Crippen molar-refractivity contribution in [2.75, 3.05) is 0 Å². The minimum Gasteiger partial charge on any atom is -0.480 e. The molecule has 1 aromatic carbocycles. The molecule has 0 radical (unpaired) electrons. The topological polar surface area (TPSA) is 63.3 Å². The molecule has 0 aromatic heterocycles. The molecule has 0 bridgehead atoms. The number of aliphatic carboxylic acids is 1. The number of hydrogen-bond donors (Lipinski definition) is 2. The predicted octanol–water partition coefficient (Wildman–Crippen LogP) is 1.31. The fourth-order valence-electron chi connectivity index (χ4n) is 1.14. The molecule has 1 unspecified atom stereocenters. The van der Waals surface area contributed by atoms with Crippen LogP contribution >= 0.6 is 0 Å². The number of carboxylic acids is 1. The van der Waals surface area contributed by atoms with Crippen LogP contribution in [0, 0.1) is 11.6 Å². The molecule has 0 saturated carbocycles. The smallest absolute Gasteiger partial charge is 0.323 e. The molecular weight excluding hydrogens is 204 g/mol. The van der Waals surface area contributed by atoms with E-state index in [9.17, 15) is 13.6 Å². The van der Waals surface area contributed by atoms with Gasteiger partial charge in [-0.15, -0.1) is 0 Å². The zero-order chi connectivity index (χ0) is 11.6. The number of rotatable bonds is 3. The first-order chi connectivity index (χ1) is 6.84. The van der Waals surface area contributed by atoms with Gasteiger partial charge in [-0.1, -0.05) is 6.07 Å². The van der Waals surface area contributed by atoms with Crippen LogP contribution in [-0.4, -0.2) is 16.6 Å². The quantitative estimate of drug-likeness (QED) is 0.799. The van der Waals surface area contributed by atoms with E-state index in [2.05, 4.69) is 0 Å². The molecule has 5 heteroatoms. The minimum absolute atomic E-state index is 0.301. The highest BCUT2D eigenvalue weighted by atomic mass is 19.1. The van der Waals surface area contributed by atoms with Crippen molar-refractivity contribution >= 4 is 5.97 Å². The highest BCUT2D eigenvalue weighted by molar-refractivity contribution is 5.78. The van der Waals surface area contributed by atoms with Crippen molar-refractivity contribution in [1.29, 1.82) is 0 Å². The third-order valence-corrected chi connectivity index (χ3v) is 2.09. The lowest BCUT2D eigenvalue weighted by atomic mass is 9.93. The molecule has 0 saturated heterocycles. The van der Waals surface area contributed by atoms with Gasteiger partial charge in [-0.3, -0.25) is 4.79 Å². The number of halogens is 2. The molecule has 15 heavy (non-hydrogen) atoms. The summed E-state index contributed by atoms with van der Waals surface area (Å²) in [7, 11) is 0. The van der Waals surface area contributed by atoms with Crippen LogP contribution in [-0.2, 0) is 11.2 Å². The Kier molecular flexibility index (Phi) is 3.04. The van der Waals surface area contributed by atoms with Crippen molar-refractivity contribution in [2.24, 2.45) is 5.73 Å². The van der Waals surface area contributed by atoms with Crippen LogP contribution in [0.4, 0.5) is 8.78 Å². The Labute approximate surface area is 85.5 Å². The van der Waals surface area contributed by atoms with Gasteiger partial charge in [0.2, 0.25) is 0 Å². The monoisotopic (exact) mass is 215 g/mol. The van der Waals surface area contributed by atoms with Gasteiger partial charge in [-0.2, -0.15) is 0 Å². The lowest BCUT2D eigenvalue weighted by Crippen LogP contribution is -2.47. The summed E-state index contributed by atoms with van der Waals surface area (Å²) in [6.07, 6.45) is -0.388. The van der Waals surface area contributed by atoms with Gasteiger partial charge in [-0.05, 0) is 19.1 Å². The van der Waals surface area contributed by atoms with Crippen LogP contribution in [0.5, 0.6) is 0 Å². The van der Waals surface area contributed by atoms with Gasteiger partial charge in [0.25, 0.3) is 0 Å². The van der Waals surface area contributed by atoms with E-state index in [0.717, 1.165) is 12.1 Å². The molecule has 3 nitrogen and oxygen atoms in total. The number of carbonyl (C=O) groups is 1. The van der Waals surface area contributed by atoms with Crippen LogP contribution in [0.15, 0.2) is 18.2 Å².